The molecule has 0 bridgehead atoms. The van der Waals surface area contributed by atoms with Crippen LogP contribution in [0.5, 0.6) is 0 Å². The van der Waals surface area contributed by atoms with Crippen molar-refractivity contribution in [3.05, 3.63) is 29.5 Å². The second-order valence-corrected chi connectivity index (χ2v) is 3.51. The van der Waals surface area contributed by atoms with Crippen LogP contribution < -0.4 is 0 Å². The maximum atomic E-state index is 4.36. The second-order valence-electron chi connectivity index (χ2n) is 3.51. The van der Waals surface area contributed by atoms with E-state index in [1.54, 1.807) is 6.20 Å². The van der Waals surface area contributed by atoms with E-state index in [4.69, 9.17) is 0 Å². The van der Waals surface area contributed by atoms with Gasteiger partial charge in [0.15, 0.2) is 11.5 Å². The number of aromatic amines is 2. The molecular weight excluding hydrogens is 206 g/mol. The molecule has 0 atom stereocenters. The summed E-state index contributed by atoms with van der Waals surface area (Å²) in [4.78, 5) is 11.8. The first-order valence-corrected chi connectivity index (χ1v) is 4.85. The molecule has 0 saturated carbocycles. The summed E-state index contributed by atoms with van der Waals surface area (Å²) in [6.07, 6.45) is 2.27. The molecule has 7 nitrogen and oxygen atoms in total. The predicted octanol–water partition coefficient (Wildman–Crippen LogP) is 0.370. The Labute approximate surface area is 90.3 Å². The molecule has 7 heteroatoms. The number of nitrogens with zero attached hydrogens (tertiary/aromatic N) is 5. The summed E-state index contributed by atoms with van der Waals surface area (Å²) in [5.41, 5.74) is 2.80. The quantitative estimate of drug-likeness (QED) is 0.643. The van der Waals surface area contributed by atoms with Gasteiger partial charge in [-0.05, 0) is 18.6 Å². The van der Waals surface area contributed by atoms with Crippen molar-refractivity contribution in [2.75, 3.05) is 0 Å². The number of H-pyrrole nitrogens is 2. The number of rotatable bonds is 2. The van der Waals surface area contributed by atoms with Crippen molar-refractivity contribution in [2.24, 2.45) is 0 Å². The lowest BCUT2D eigenvalue weighted by Gasteiger charge is -1.90. The van der Waals surface area contributed by atoms with Crippen molar-refractivity contribution >= 4 is 11.2 Å². The van der Waals surface area contributed by atoms with Crippen molar-refractivity contribution in [1.29, 1.82) is 0 Å². The number of hydrogen-bond donors (Lipinski definition) is 2. The van der Waals surface area contributed by atoms with Gasteiger partial charge in [0.2, 0.25) is 0 Å². The maximum Gasteiger partial charge on any atom is 0.182 e. The van der Waals surface area contributed by atoms with Crippen LogP contribution in [-0.2, 0) is 6.42 Å². The topological polar surface area (TPSA) is 96.0 Å². The monoisotopic (exact) mass is 215 g/mol. The van der Waals surface area contributed by atoms with Crippen molar-refractivity contribution < 1.29 is 0 Å². The molecule has 0 aliphatic heterocycles. The van der Waals surface area contributed by atoms with Gasteiger partial charge >= 0.3 is 0 Å². The Bertz CT molecular complexity index is 610. The number of aryl methyl sites for hydroxylation is 1. The van der Waals surface area contributed by atoms with Gasteiger partial charge in [-0.15, -0.1) is 10.2 Å². The highest BCUT2D eigenvalue weighted by Crippen LogP contribution is 2.13. The Hall–Kier alpha value is -2.31. The van der Waals surface area contributed by atoms with Crippen LogP contribution in [0.3, 0.4) is 0 Å². The minimum Gasteiger partial charge on any atom is -0.340 e. The summed E-state index contributed by atoms with van der Waals surface area (Å²) in [5, 5.41) is 13.7. The first kappa shape index (κ1) is 8.96. The number of aromatic nitrogens is 7. The lowest BCUT2D eigenvalue weighted by Crippen LogP contribution is -1.93. The predicted molar refractivity (Wildman–Crippen MR) is 55.6 cm³/mol. The van der Waals surface area contributed by atoms with Crippen molar-refractivity contribution in [3.63, 3.8) is 0 Å². The number of imidazole rings is 1. The molecule has 2 N–H and O–H groups in total. The Morgan fingerprint density at radius 3 is 3.06 bits per heavy atom. The van der Waals surface area contributed by atoms with E-state index in [0.29, 0.717) is 12.2 Å². The van der Waals surface area contributed by atoms with E-state index in [1.165, 1.54) is 0 Å². The summed E-state index contributed by atoms with van der Waals surface area (Å²) in [7, 11) is 0. The van der Waals surface area contributed by atoms with Crippen LogP contribution >= 0.6 is 0 Å². The largest absolute Gasteiger partial charge is 0.340 e. The van der Waals surface area contributed by atoms with E-state index < -0.39 is 0 Å². The van der Waals surface area contributed by atoms with Crippen molar-refractivity contribution in [3.8, 4) is 0 Å². The van der Waals surface area contributed by atoms with E-state index in [9.17, 15) is 0 Å². The molecule has 0 aliphatic rings. The van der Waals surface area contributed by atoms with Gasteiger partial charge in [-0.25, -0.2) is 9.97 Å². The van der Waals surface area contributed by atoms with Gasteiger partial charge in [0.05, 0.1) is 11.9 Å². The van der Waals surface area contributed by atoms with Crippen molar-refractivity contribution in [1.82, 2.24) is 35.6 Å². The Balaban J connectivity index is 2.02. The molecule has 3 heterocycles. The molecule has 16 heavy (non-hydrogen) atoms. The lowest BCUT2D eigenvalue weighted by atomic mass is 10.3. The minimum absolute atomic E-state index is 0.520. The van der Waals surface area contributed by atoms with Gasteiger partial charge in [-0.3, -0.25) is 0 Å². The SMILES string of the molecule is Cc1ccnc2nc(Cc3nn[nH]n3)[nH]c12. The highest BCUT2D eigenvalue weighted by molar-refractivity contribution is 5.74. The third-order valence-corrected chi connectivity index (χ3v) is 2.36. The molecule has 3 aromatic heterocycles. The Morgan fingerprint density at radius 2 is 2.31 bits per heavy atom. The zero-order valence-electron chi connectivity index (χ0n) is 8.60. The molecule has 0 unspecified atom stereocenters. The number of tetrazole rings is 1. The normalized spacial score (nSPS) is 11.1. The number of nitrogens with one attached hydrogen (secondary N) is 2. The summed E-state index contributed by atoms with van der Waals surface area (Å²) in [6, 6.07) is 1.94. The van der Waals surface area contributed by atoms with Gasteiger partial charge in [0, 0.05) is 6.20 Å². The van der Waals surface area contributed by atoms with Gasteiger partial charge < -0.3 is 4.98 Å². The highest BCUT2D eigenvalue weighted by Gasteiger charge is 2.08. The van der Waals surface area contributed by atoms with Crippen LogP contribution in [0.4, 0.5) is 0 Å². The molecule has 0 spiro atoms. The molecule has 3 aromatic rings. The third-order valence-electron chi connectivity index (χ3n) is 2.36. The zero-order valence-corrected chi connectivity index (χ0v) is 8.60. The molecule has 80 valence electrons. The number of fused-ring (bicyclic) bond motifs is 1. The molecule has 0 amide bonds. The zero-order chi connectivity index (χ0) is 11.0. The van der Waals surface area contributed by atoms with Crippen LogP contribution in [0.1, 0.15) is 17.2 Å². The second kappa shape index (κ2) is 3.37. The molecule has 0 aromatic carbocycles. The van der Waals surface area contributed by atoms with Crippen molar-refractivity contribution in [2.45, 2.75) is 13.3 Å². The molecule has 3 rings (SSSR count). The van der Waals surface area contributed by atoms with Gasteiger partial charge in [-0.2, -0.15) is 5.21 Å². The summed E-state index contributed by atoms with van der Waals surface area (Å²) >= 11 is 0. The van der Waals surface area contributed by atoms with E-state index in [2.05, 4.69) is 35.6 Å². The summed E-state index contributed by atoms with van der Waals surface area (Å²) < 4.78 is 0. The first-order valence-electron chi connectivity index (χ1n) is 4.85. The summed E-state index contributed by atoms with van der Waals surface area (Å²) in [6.45, 7) is 2.01. The fourth-order valence-corrected chi connectivity index (χ4v) is 1.57. The molecule has 0 radical (unpaired) electrons. The van der Waals surface area contributed by atoms with Crippen LogP contribution in [0.15, 0.2) is 12.3 Å². The first-order chi connectivity index (χ1) is 7.83. The molecule has 0 fully saturated rings. The van der Waals surface area contributed by atoms with E-state index in [1.807, 2.05) is 13.0 Å². The smallest absolute Gasteiger partial charge is 0.182 e. The van der Waals surface area contributed by atoms with E-state index in [0.717, 1.165) is 22.6 Å². The highest BCUT2D eigenvalue weighted by atomic mass is 15.5. The fraction of sp³-hybridized carbons (Fsp3) is 0.222. The molecular formula is C9H9N7. The van der Waals surface area contributed by atoms with Gasteiger partial charge in [-0.1, -0.05) is 5.21 Å². The lowest BCUT2D eigenvalue weighted by molar-refractivity contribution is 0.881. The van der Waals surface area contributed by atoms with Gasteiger partial charge in [0.1, 0.15) is 5.82 Å². The minimum atomic E-state index is 0.520. The van der Waals surface area contributed by atoms with Crippen LogP contribution in [0.2, 0.25) is 0 Å². The van der Waals surface area contributed by atoms with Crippen LogP contribution in [-0.4, -0.2) is 35.6 Å². The average Bonchev–Trinajstić information content (AvgIpc) is 2.88. The van der Waals surface area contributed by atoms with E-state index in [-0.39, 0.29) is 0 Å². The van der Waals surface area contributed by atoms with Crippen LogP contribution in [0, 0.1) is 6.92 Å². The van der Waals surface area contributed by atoms with E-state index >= 15 is 0 Å². The fourth-order valence-electron chi connectivity index (χ4n) is 1.57. The summed E-state index contributed by atoms with van der Waals surface area (Å²) in [5.74, 6) is 1.40. The maximum absolute atomic E-state index is 4.36. The Kier molecular flexibility index (Phi) is 1.89. The van der Waals surface area contributed by atoms with Gasteiger partial charge in [0.25, 0.3) is 0 Å². The molecule has 0 aliphatic carbocycles. The number of pyridine rings is 1. The van der Waals surface area contributed by atoms with Crippen LogP contribution in [0.25, 0.3) is 11.2 Å². The third kappa shape index (κ3) is 1.42. The standard InChI is InChI=1S/C9H9N7/c1-5-2-3-10-9-8(5)11-6(12-9)4-7-13-15-16-14-7/h2-3H,4H2,1H3,(H,10,11,12)(H,13,14,15,16). The Morgan fingerprint density at radius 1 is 1.38 bits per heavy atom. The molecule has 0 saturated heterocycles. The average molecular weight is 215 g/mol. The number of hydrogen-bond acceptors (Lipinski definition) is 5.